The lowest BCUT2D eigenvalue weighted by atomic mass is 10.1. The number of benzene rings is 2. The van der Waals surface area contributed by atoms with Gasteiger partial charge in [0.1, 0.15) is 18.0 Å². The van der Waals surface area contributed by atoms with Gasteiger partial charge in [-0.15, -0.1) is 0 Å². The minimum atomic E-state index is -0.641. The molecule has 7 heteroatoms. The zero-order valence-corrected chi connectivity index (χ0v) is 17.5. The second kappa shape index (κ2) is 11.7. The van der Waals surface area contributed by atoms with Crippen LogP contribution in [0.5, 0.6) is 11.5 Å². The van der Waals surface area contributed by atoms with E-state index in [2.05, 4.69) is 5.32 Å². The highest BCUT2D eigenvalue weighted by atomic mass is 16.5. The summed E-state index contributed by atoms with van der Waals surface area (Å²) in [5.74, 6) is 0.0734. The summed E-state index contributed by atoms with van der Waals surface area (Å²) in [5, 5.41) is 2.51. The highest BCUT2D eigenvalue weighted by Gasteiger charge is 2.17. The van der Waals surface area contributed by atoms with Gasteiger partial charge >= 0.3 is 5.97 Å². The maximum Gasteiger partial charge on any atom is 0.325 e. The van der Waals surface area contributed by atoms with Crippen molar-refractivity contribution in [3.63, 3.8) is 0 Å². The molecule has 0 aliphatic carbocycles. The van der Waals surface area contributed by atoms with Gasteiger partial charge in [0.25, 0.3) is 11.8 Å². The molecule has 1 aliphatic heterocycles. The fraction of sp³-hybridized carbons (Fsp3) is 0.375. The van der Waals surface area contributed by atoms with Gasteiger partial charge in [0.2, 0.25) is 0 Å². The van der Waals surface area contributed by atoms with Crippen LogP contribution < -0.4 is 10.1 Å². The molecule has 1 aliphatic rings. The fourth-order valence-corrected chi connectivity index (χ4v) is 3.33. The Labute approximate surface area is 182 Å². The van der Waals surface area contributed by atoms with Gasteiger partial charge in [-0.25, -0.2) is 0 Å². The molecule has 0 atom stereocenters. The molecule has 0 unspecified atom stereocenters. The molecule has 2 aromatic carbocycles. The third-order valence-electron chi connectivity index (χ3n) is 5.05. The van der Waals surface area contributed by atoms with Crippen molar-refractivity contribution in [3.05, 3.63) is 60.2 Å². The highest BCUT2D eigenvalue weighted by molar-refractivity contribution is 5.96. The standard InChI is InChI=1S/C24H28N2O5/c27-22(26-15-7-2-1-3-8-16-26)18-30-23(28)17-25-24(29)19-11-13-21(14-12-19)31-20-9-5-4-6-10-20/h4-6,9-14H,1-3,7-8,15-18H2,(H,25,29). The maximum absolute atomic E-state index is 12.2. The lowest BCUT2D eigenvalue weighted by Crippen LogP contribution is -2.38. The summed E-state index contributed by atoms with van der Waals surface area (Å²) >= 11 is 0. The molecule has 0 aromatic heterocycles. The van der Waals surface area contributed by atoms with Gasteiger partial charge in [0, 0.05) is 18.7 Å². The Morgan fingerprint density at radius 3 is 2.10 bits per heavy atom. The maximum atomic E-state index is 12.2. The first kappa shape index (κ1) is 22.3. The molecule has 0 spiro atoms. The van der Waals surface area contributed by atoms with Gasteiger partial charge in [-0.2, -0.15) is 0 Å². The predicted octanol–water partition coefficient (Wildman–Crippen LogP) is 3.54. The van der Waals surface area contributed by atoms with E-state index < -0.39 is 11.9 Å². The number of hydrogen-bond donors (Lipinski definition) is 1. The predicted molar refractivity (Wildman–Crippen MR) is 116 cm³/mol. The number of nitrogens with zero attached hydrogens (tertiary/aromatic N) is 1. The zero-order valence-electron chi connectivity index (χ0n) is 17.5. The van der Waals surface area contributed by atoms with Crippen molar-refractivity contribution in [2.75, 3.05) is 26.2 Å². The largest absolute Gasteiger partial charge is 0.457 e. The monoisotopic (exact) mass is 424 g/mol. The van der Waals surface area contributed by atoms with E-state index in [1.165, 1.54) is 6.42 Å². The SMILES string of the molecule is O=C(CNC(=O)c1ccc(Oc2ccccc2)cc1)OCC(=O)N1CCCCCCC1. The molecule has 2 amide bonds. The molecule has 1 saturated heterocycles. The first-order chi connectivity index (χ1) is 15.1. The van der Waals surface area contributed by atoms with Crippen molar-refractivity contribution in [1.82, 2.24) is 10.2 Å². The Kier molecular flexibility index (Phi) is 8.46. The van der Waals surface area contributed by atoms with E-state index in [9.17, 15) is 14.4 Å². The van der Waals surface area contributed by atoms with Gasteiger partial charge in [0.05, 0.1) is 0 Å². The summed E-state index contributed by atoms with van der Waals surface area (Å²) in [5.41, 5.74) is 0.393. The van der Waals surface area contributed by atoms with E-state index in [1.54, 1.807) is 29.2 Å². The lowest BCUT2D eigenvalue weighted by molar-refractivity contribution is -0.151. The van der Waals surface area contributed by atoms with Crippen LogP contribution in [-0.4, -0.2) is 48.9 Å². The number of esters is 1. The Morgan fingerprint density at radius 1 is 0.806 bits per heavy atom. The quantitative estimate of drug-likeness (QED) is 0.687. The first-order valence-corrected chi connectivity index (χ1v) is 10.7. The fourth-order valence-electron chi connectivity index (χ4n) is 3.33. The van der Waals surface area contributed by atoms with Gasteiger partial charge in [-0.05, 0) is 49.2 Å². The molecule has 1 heterocycles. The van der Waals surface area contributed by atoms with Crippen LogP contribution in [0.2, 0.25) is 0 Å². The van der Waals surface area contributed by atoms with E-state index in [-0.39, 0.29) is 19.1 Å². The van der Waals surface area contributed by atoms with Gasteiger partial charge in [0.15, 0.2) is 6.61 Å². The van der Waals surface area contributed by atoms with E-state index in [4.69, 9.17) is 9.47 Å². The smallest absolute Gasteiger partial charge is 0.325 e. The number of amides is 2. The van der Waals surface area contributed by atoms with Crippen molar-refractivity contribution < 1.29 is 23.9 Å². The number of likely N-dealkylation sites (tertiary alicyclic amines) is 1. The summed E-state index contributed by atoms with van der Waals surface area (Å²) in [4.78, 5) is 38.2. The second-order valence-electron chi connectivity index (χ2n) is 7.43. The van der Waals surface area contributed by atoms with Crippen LogP contribution in [0.3, 0.4) is 0 Å². The number of hydrogen-bond acceptors (Lipinski definition) is 5. The van der Waals surface area contributed by atoms with Crippen LogP contribution in [0.25, 0.3) is 0 Å². The van der Waals surface area contributed by atoms with Crippen LogP contribution in [0.4, 0.5) is 0 Å². The Bertz CT molecular complexity index is 859. The van der Waals surface area contributed by atoms with Crippen LogP contribution in [-0.2, 0) is 14.3 Å². The van der Waals surface area contributed by atoms with E-state index in [1.807, 2.05) is 30.3 Å². The number of rotatable bonds is 7. The molecule has 3 rings (SSSR count). The van der Waals surface area contributed by atoms with Crippen molar-refractivity contribution in [2.45, 2.75) is 32.1 Å². The van der Waals surface area contributed by atoms with Crippen molar-refractivity contribution in [1.29, 1.82) is 0 Å². The molecule has 0 saturated carbocycles. The second-order valence-corrected chi connectivity index (χ2v) is 7.43. The molecule has 1 N–H and O–H groups in total. The summed E-state index contributed by atoms with van der Waals surface area (Å²) in [7, 11) is 0. The Balaban J connectivity index is 1.39. The third kappa shape index (κ3) is 7.44. The molecule has 0 bridgehead atoms. The summed E-state index contributed by atoms with van der Waals surface area (Å²) in [6, 6.07) is 15.9. The van der Waals surface area contributed by atoms with Crippen LogP contribution >= 0.6 is 0 Å². The Morgan fingerprint density at radius 2 is 1.42 bits per heavy atom. The molecule has 2 aromatic rings. The molecular formula is C24H28N2O5. The first-order valence-electron chi connectivity index (χ1n) is 10.7. The number of ether oxygens (including phenoxy) is 2. The van der Waals surface area contributed by atoms with Crippen molar-refractivity contribution >= 4 is 17.8 Å². The molecule has 7 nitrogen and oxygen atoms in total. The number of carbonyl (C=O) groups is 3. The minimum absolute atomic E-state index is 0.185. The number of nitrogens with one attached hydrogen (secondary N) is 1. The van der Waals surface area contributed by atoms with Crippen LogP contribution in [0.1, 0.15) is 42.5 Å². The van der Waals surface area contributed by atoms with Gasteiger partial charge in [-0.3, -0.25) is 14.4 Å². The van der Waals surface area contributed by atoms with E-state index in [0.717, 1.165) is 25.7 Å². The van der Waals surface area contributed by atoms with Crippen molar-refractivity contribution in [2.24, 2.45) is 0 Å². The number of para-hydroxylation sites is 1. The van der Waals surface area contributed by atoms with E-state index >= 15 is 0 Å². The number of carbonyl (C=O) groups excluding carboxylic acids is 3. The van der Waals surface area contributed by atoms with Gasteiger partial charge < -0.3 is 19.7 Å². The lowest BCUT2D eigenvalue weighted by Gasteiger charge is -2.24. The molecule has 164 valence electrons. The van der Waals surface area contributed by atoms with Crippen LogP contribution in [0.15, 0.2) is 54.6 Å². The normalized spacial score (nSPS) is 14.1. The average molecular weight is 424 g/mol. The minimum Gasteiger partial charge on any atom is -0.457 e. The molecule has 0 radical (unpaired) electrons. The average Bonchev–Trinajstić information content (AvgIpc) is 2.77. The van der Waals surface area contributed by atoms with Gasteiger partial charge in [-0.1, -0.05) is 37.5 Å². The molecule has 1 fully saturated rings. The zero-order chi connectivity index (χ0) is 21.9. The van der Waals surface area contributed by atoms with E-state index in [0.29, 0.717) is 30.2 Å². The molecular weight excluding hydrogens is 396 g/mol. The van der Waals surface area contributed by atoms with Crippen molar-refractivity contribution in [3.8, 4) is 11.5 Å². The summed E-state index contributed by atoms with van der Waals surface area (Å²) < 4.78 is 10.7. The third-order valence-corrected chi connectivity index (χ3v) is 5.05. The topological polar surface area (TPSA) is 84.9 Å². The highest BCUT2D eigenvalue weighted by Crippen LogP contribution is 2.21. The Hall–Kier alpha value is -3.35. The molecule has 31 heavy (non-hydrogen) atoms. The summed E-state index contributed by atoms with van der Waals surface area (Å²) in [6.07, 6.45) is 5.40. The van der Waals surface area contributed by atoms with Crippen LogP contribution in [0, 0.1) is 0 Å². The summed E-state index contributed by atoms with van der Waals surface area (Å²) in [6.45, 7) is 0.822.